The molecule has 0 saturated carbocycles. The van der Waals surface area contributed by atoms with E-state index in [-0.39, 0.29) is 11.8 Å². The number of H-pyrrole nitrogens is 1. The second-order valence-electron chi connectivity index (χ2n) is 5.99. The fourth-order valence-electron chi connectivity index (χ4n) is 3.09. The number of oxazole rings is 1. The maximum absolute atomic E-state index is 12.7. The smallest absolute Gasteiger partial charge is 0.266 e. The molecule has 3 rings (SSSR count). The molecule has 0 unspecified atom stereocenters. The Morgan fingerprint density at radius 2 is 2.26 bits per heavy atom. The lowest BCUT2D eigenvalue weighted by Crippen LogP contribution is -2.40. The van der Waals surface area contributed by atoms with Crippen LogP contribution in [-0.2, 0) is 4.79 Å². The van der Waals surface area contributed by atoms with Gasteiger partial charge in [-0.2, -0.15) is 0 Å². The van der Waals surface area contributed by atoms with Gasteiger partial charge in [-0.1, -0.05) is 0 Å². The number of nitrogens with two attached hydrogens (primary N) is 1. The zero-order chi connectivity index (χ0) is 16.4. The van der Waals surface area contributed by atoms with Crippen molar-refractivity contribution in [3.05, 3.63) is 28.6 Å². The number of carbonyl (C=O) groups is 2. The molecule has 122 valence electrons. The molecule has 7 heteroatoms. The van der Waals surface area contributed by atoms with Gasteiger partial charge in [0.15, 0.2) is 5.58 Å². The van der Waals surface area contributed by atoms with Crippen LogP contribution in [0.5, 0.6) is 0 Å². The molecular formula is C16H19N3O3S. The lowest BCUT2D eigenvalue weighted by atomic mass is 9.93. The van der Waals surface area contributed by atoms with Crippen molar-refractivity contribution in [3.8, 4) is 0 Å². The summed E-state index contributed by atoms with van der Waals surface area (Å²) in [6.07, 6.45) is 3.10. The van der Waals surface area contributed by atoms with Gasteiger partial charge in [-0.3, -0.25) is 9.59 Å². The molecule has 1 aromatic heterocycles. The Hall–Kier alpha value is -2.15. The fourth-order valence-corrected chi connectivity index (χ4v) is 3.29. The second kappa shape index (κ2) is 6.54. The van der Waals surface area contributed by atoms with Crippen molar-refractivity contribution in [3.63, 3.8) is 0 Å². The molecule has 0 spiro atoms. The first-order chi connectivity index (χ1) is 11.0. The van der Waals surface area contributed by atoms with Crippen LogP contribution >= 0.6 is 12.2 Å². The topological polar surface area (TPSA) is 92.3 Å². The fraction of sp³-hybridized carbons (Fsp3) is 0.438. The highest BCUT2D eigenvalue weighted by Gasteiger charge is 2.25. The van der Waals surface area contributed by atoms with E-state index in [9.17, 15) is 9.59 Å². The zero-order valence-corrected chi connectivity index (χ0v) is 13.5. The van der Waals surface area contributed by atoms with Crippen LogP contribution in [0.2, 0.25) is 0 Å². The molecule has 1 aromatic carbocycles. The number of nitrogens with one attached hydrogen (secondary N) is 1. The molecule has 1 atom stereocenters. The standard InChI is InChI=1S/C16H19N3O3S/c17-14(20)6-3-10-2-1-7-19(9-10)15(21)11-4-5-12-13(8-11)22-16(23)18-12/h4-5,8,10H,1-3,6-7,9H2,(H2,17,20)(H,18,23)/t10-/m1/s1. The van der Waals surface area contributed by atoms with Crippen molar-refractivity contribution < 1.29 is 14.0 Å². The molecule has 1 fully saturated rings. The summed E-state index contributed by atoms with van der Waals surface area (Å²) in [4.78, 5) is 28.7. The van der Waals surface area contributed by atoms with Gasteiger partial charge < -0.3 is 20.0 Å². The number of hydrogen-bond acceptors (Lipinski definition) is 4. The van der Waals surface area contributed by atoms with Gasteiger partial charge >= 0.3 is 0 Å². The van der Waals surface area contributed by atoms with Gasteiger partial charge in [-0.05, 0) is 55.6 Å². The lowest BCUT2D eigenvalue weighted by Gasteiger charge is -2.32. The van der Waals surface area contributed by atoms with Crippen molar-refractivity contribution in [2.75, 3.05) is 13.1 Å². The second-order valence-corrected chi connectivity index (χ2v) is 6.36. The van der Waals surface area contributed by atoms with Gasteiger partial charge in [0.1, 0.15) is 0 Å². The van der Waals surface area contributed by atoms with E-state index in [1.165, 1.54) is 0 Å². The van der Waals surface area contributed by atoms with Crippen LogP contribution in [-0.4, -0.2) is 34.8 Å². The van der Waals surface area contributed by atoms with E-state index in [0.717, 1.165) is 31.3 Å². The monoisotopic (exact) mass is 333 g/mol. The molecule has 6 nitrogen and oxygen atoms in total. The summed E-state index contributed by atoms with van der Waals surface area (Å²) in [5.74, 6) is 0.0332. The number of hydrogen-bond donors (Lipinski definition) is 2. The Balaban J connectivity index is 1.72. The number of fused-ring (bicyclic) bond motifs is 1. The average Bonchev–Trinajstić information content (AvgIpc) is 2.91. The molecule has 2 aromatic rings. The van der Waals surface area contributed by atoms with Gasteiger partial charge in [-0.25, -0.2) is 0 Å². The highest BCUT2D eigenvalue weighted by Crippen LogP contribution is 2.23. The minimum Gasteiger partial charge on any atom is -0.429 e. The molecule has 0 bridgehead atoms. The van der Waals surface area contributed by atoms with Crippen molar-refractivity contribution in [1.82, 2.24) is 9.88 Å². The normalized spacial score (nSPS) is 18.3. The van der Waals surface area contributed by atoms with Gasteiger partial charge in [0.05, 0.1) is 5.52 Å². The summed E-state index contributed by atoms with van der Waals surface area (Å²) in [6.45, 7) is 1.40. The molecule has 0 aliphatic carbocycles. The number of likely N-dealkylation sites (tertiary alicyclic amines) is 1. The van der Waals surface area contributed by atoms with E-state index < -0.39 is 0 Å². The third-order valence-corrected chi connectivity index (χ3v) is 4.46. The predicted molar refractivity (Wildman–Crippen MR) is 88.5 cm³/mol. The summed E-state index contributed by atoms with van der Waals surface area (Å²) >= 11 is 4.96. The molecule has 0 radical (unpaired) electrons. The van der Waals surface area contributed by atoms with Crippen LogP contribution in [0, 0.1) is 10.8 Å². The van der Waals surface area contributed by atoms with Crippen molar-refractivity contribution in [1.29, 1.82) is 0 Å². The number of nitrogens with zero attached hydrogens (tertiary/aromatic N) is 1. The first-order valence-corrected chi connectivity index (χ1v) is 8.14. The largest absolute Gasteiger partial charge is 0.429 e. The number of piperidine rings is 1. The molecule has 1 saturated heterocycles. The Labute approximate surface area is 138 Å². The van der Waals surface area contributed by atoms with E-state index in [2.05, 4.69) is 4.98 Å². The number of benzene rings is 1. The van der Waals surface area contributed by atoms with E-state index >= 15 is 0 Å². The summed E-state index contributed by atoms with van der Waals surface area (Å²) in [5.41, 5.74) is 7.17. The SMILES string of the molecule is NC(=O)CC[C@H]1CCCN(C(=O)c2ccc3[nH]c(=S)oc3c2)C1. The lowest BCUT2D eigenvalue weighted by molar-refractivity contribution is -0.118. The minimum absolute atomic E-state index is 0.0157. The van der Waals surface area contributed by atoms with E-state index in [1.807, 2.05) is 4.90 Å². The highest BCUT2D eigenvalue weighted by molar-refractivity contribution is 7.71. The third-order valence-electron chi connectivity index (χ3n) is 4.27. The maximum atomic E-state index is 12.7. The molecule has 1 aliphatic rings. The number of aromatic nitrogens is 1. The van der Waals surface area contributed by atoms with Gasteiger partial charge in [0.2, 0.25) is 5.91 Å². The van der Waals surface area contributed by atoms with Crippen molar-refractivity contribution in [2.45, 2.75) is 25.7 Å². The maximum Gasteiger partial charge on any atom is 0.266 e. The summed E-state index contributed by atoms with van der Waals surface area (Å²) < 4.78 is 5.37. The molecular weight excluding hydrogens is 314 g/mol. The van der Waals surface area contributed by atoms with E-state index in [1.54, 1.807) is 18.2 Å². The number of aromatic amines is 1. The predicted octanol–water partition coefficient (Wildman–Crippen LogP) is 2.61. The molecule has 3 N–H and O–H groups in total. The van der Waals surface area contributed by atoms with Crippen LogP contribution in [0.25, 0.3) is 11.1 Å². The van der Waals surface area contributed by atoms with Gasteiger partial charge in [-0.15, -0.1) is 0 Å². The minimum atomic E-state index is -0.285. The molecule has 2 amide bonds. The average molecular weight is 333 g/mol. The van der Waals surface area contributed by atoms with Gasteiger partial charge in [0.25, 0.3) is 10.7 Å². The summed E-state index contributed by atoms with van der Waals surface area (Å²) in [7, 11) is 0. The first kappa shape index (κ1) is 15.7. The third kappa shape index (κ3) is 3.61. The Bertz CT molecular complexity index is 795. The van der Waals surface area contributed by atoms with Crippen LogP contribution in [0.1, 0.15) is 36.0 Å². The number of amides is 2. The van der Waals surface area contributed by atoms with Crippen molar-refractivity contribution in [2.24, 2.45) is 11.7 Å². The van der Waals surface area contributed by atoms with Crippen LogP contribution < -0.4 is 5.73 Å². The van der Waals surface area contributed by atoms with Crippen LogP contribution in [0.3, 0.4) is 0 Å². The number of primary amides is 1. The zero-order valence-electron chi connectivity index (χ0n) is 12.7. The van der Waals surface area contributed by atoms with E-state index in [0.29, 0.717) is 34.9 Å². The Morgan fingerprint density at radius 1 is 1.43 bits per heavy atom. The Morgan fingerprint density at radius 3 is 3.04 bits per heavy atom. The quantitative estimate of drug-likeness (QED) is 0.841. The number of rotatable bonds is 4. The number of carbonyl (C=O) groups excluding carboxylic acids is 2. The van der Waals surface area contributed by atoms with Crippen molar-refractivity contribution >= 4 is 35.1 Å². The van der Waals surface area contributed by atoms with Crippen LogP contribution in [0.4, 0.5) is 0 Å². The molecule has 1 aliphatic heterocycles. The summed E-state index contributed by atoms with van der Waals surface area (Å²) in [6, 6.07) is 5.30. The van der Waals surface area contributed by atoms with Crippen LogP contribution in [0.15, 0.2) is 22.6 Å². The first-order valence-electron chi connectivity index (χ1n) is 7.73. The molecule has 23 heavy (non-hydrogen) atoms. The molecule has 2 heterocycles. The van der Waals surface area contributed by atoms with E-state index in [4.69, 9.17) is 22.4 Å². The van der Waals surface area contributed by atoms with Gasteiger partial charge in [0, 0.05) is 25.1 Å². The Kier molecular flexibility index (Phi) is 4.47. The highest BCUT2D eigenvalue weighted by atomic mass is 32.1. The summed E-state index contributed by atoms with van der Waals surface area (Å²) in [5, 5.41) is 0.